The molecule has 4 bridgehead atoms. The Labute approximate surface area is 206 Å². The van der Waals surface area contributed by atoms with Crippen molar-refractivity contribution in [3.63, 3.8) is 0 Å². The number of allylic oxidation sites excluding steroid dienone is 4. The third-order valence-electron chi connectivity index (χ3n) is 9.52. The Morgan fingerprint density at radius 3 is 2.60 bits per heavy atom. The summed E-state index contributed by atoms with van der Waals surface area (Å²) in [4.78, 5) is 13.1. The van der Waals surface area contributed by atoms with Crippen LogP contribution in [0.1, 0.15) is 32.3 Å². The van der Waals surface area contributed by atoms with E-state index < -0.39 is 23.7 Å². The molecule has 35 heavy (non-hydrogen) atoms. The van der Waals surface area contributed by atoms with Crippen molar-refractivity contribution < 1.29 is 24.9 Å². The van der Waals surface area contributed by atoms with Crippen molar-refractivity contribution in [3.05, 3.63) is 66.0 Å². The van der Waals surface area contributed by atoms with Gasteiger partial charge < -0.3 is 25.4 Å². The Kier molecular flexibility index (Phi) is 5.21. The van der Waals surface area contributed by atoms with E-state index in [0.717, 1.165) is 24.2 Å². The maximum atomic E-state index is 13.1. The van der Waals surface area contributed by atoms with E-state index in [-0.39, 0.29) is 41.6 Å². The van der Waals surface area contributed by atoms with Crippen LogP contribution in [0.5, 0.6) is 5.75 Å². The fraction of sp³-hybridized carbons (Fsp3) is 0.552. The number of amides is 1. The van der Waals surface area contributed by atoms with Crippen LogP contribution in [0.15, 0.2) is 60.4 Å². The van der Waals surface area contributed by atoms with E-state index in [1.54, 1.807) is 6.08 Å². The minimum atomic E-state index is -1.89. The Morgan fingerprint density at radius 1 is 1.14 bits per heavy atom. The van der Waals surface area contributed by atoms with Crippen LogP contribution in [-0.4, -0.2) is 39.2 Å². The molecule has 186 valence electrons. The molecular formula is C29H35NO5. The van der Waals surface area contributed by atoms with Crippen molar-refractivity contribution >= 4 is 5.91 Å². The number of aliphatic hydroxyl groups is 3. The van der Waals surface area contributed by atoms with Crippen LogP contribution in [0.25, 0.3) is 0 Å². The maximum Gasteiger partial charge on any atom is 0.255 e. The molecule has 6 heteroatoms. The van der Waals surface area contributed by atoms with Gasteiger partial charge in [0.05, 0.1) is 5.57 Å². The average Bonchev–Trinajstić information content (AvgIpc) is 3.24. The fourth-order valence-corrected chi connectivity index (χ4v) is 8.19. The Hall–Kier alpha value is -2.57. The van der Waals surface area contributed by atoms with E-state index in [1.165, 1.54) is 0 Å². The molecule has 1 aromatic carbocycles. The SMILES string of the molecule is C=C[C@@H]1C=C[C@@H]2[C@@H]3C[C@H](C)C[C@H](C)[C@H]3[C@H]3Oc4ccc(cc4)C[C@@]4(O)NC(=O)C(=C(O)[C@H]1[C@@H]23)[C@@H]4O. The third-order valence-corrected chi connectivity index (χ3v) is 9.52. The minimum Gasteiger partial charge on any atom is -0.511 e. The summed E-state index contributed by atoms with van der Waals surface area (Å²) in [6.07, 6.45) is 6.73. The molecule has 7 rings (SSSR count). The summed E-state index contributed by atoms with van der Waals surface area (Å²) >= 11 is 0. The van der Waals surface area contributed by atoms with Gasteiger partial charge in [-0.25, -0.2) is 0 Å². The van der Waals surface area contributed by atoms with E-state index in [4.69, 9.17) is 4.74 Å². The third kappa shape index (κ3) is 3.33. The summed E-state index contributed by atoms with van der Waals surface area (Å²) in [6.45, 7) is 8.65. The molecule has 1 saturated heterocycles. The van der Waals surface area contributed by atoms with Gasteiger partial charge in [0.15, 0.2) is 5.72 Å². The second-order valence-electron chi connectivity index (χ2n) is 11.7. The molecule has 1 amide bonds. The first-order valence-electron chi connectivity index (χ1n) is 12.9. The van der Waals surface area contributed by atoms with Crippen LogP contribution in [0, 0.1) is 47.3 Å². The van der Waals surface area contributed by atoms with Gasteiger partial charge in [0, 0.05) is 30.1 Å². The van der Waals surface area contributed by atoms with Crippen molar-refractivity contribution in [1.82, 2.24) is 5.32 Å². The summed E-state index contributed by atoms with van der Waals surface area (Å²) < 4.78 is 6.79. The molecule has 3 fully saturated rings. The zero-order valence-electron chi connectivity index (χ0n) is 20.3. The highest BCUT2D eigenvalue weighted by molar-refractivity contribution is 5.98. The van der Waals surface area contributed by atoms with Gasteiger partial charge in [0.1, 0.15) is 23.7 Å². The van der Waals surface area contributed by atoms with Gasteiger partial charge in [-0.3, -0.25) is 4.79 Å². The number of hydrogen-bond acceptors (Lipinski definition) is 5. The number of ether oxygens (including phenoxy) is 1. The van der Waals surface area contributed by atoms with E-state index in [2.05, 4.69) is 37.9 Å². The normalized spacial score (nSPS) is 46.0. The van der Waals surface area contributed by atoms with Gasteiger partial charge >= 0.3 is 0 Å². The van der Waals surface area contributed by atoms with Gasteiger partial charge in [-0.2, -0.15) is 0 Å². The van der Waals surface area contributed by atoms with Crippen molar-refractivity contribution in [3.8, 4) is 5.75 Å². The molecule has 0 spiro atoms. The second-order valence-corrected chi connectivity index (χ2v) is 11.7. The molecule has 2 saturated carbocycles. The molecule has 11 atom stereocenters. The zero-order valence-corrected chi connectivity index (χ0v) is 20.3. The fourth-order valence-electron chi connectivity index (χ4n) is 8.19. The lowest BCUT2D eigenvalue weighted by molar-refractivity contribution is -0.121. The first-order chi connectivity index (χ1) is 16.7. The van der Waals surface area contributed by atoms with Crippen LogP contribution in [0.3, 0.4) is 0 Å². The number of aliphatic hydroxyl groups excluding tert-OH is 2. The number of fused-ring (bicyclic) bond motifs is 4. The zero-order chi connectivity index (χ0) is 24.6. The first-order valence-corrected chi connectivity index (χ1v) is 12.9. The van der Waals surface area contributed by atoms with Crippen LogP contribution < -0.4 is 10.1 Å². The molecule has 3 aliphatic carbocycles. The van der Waals surface area contributed by atoms with Gasteiger partial charge in [-0.15, -0.1) is 6.58 Å². The van der Waals surface area contributed by atoms with Crippen LogP contribution in [0.2, 0.25) is 0 Å². The standard InChI is InChI=1S/C29H35NO5/c1-4-17-7-10-19-20-12-14(2)11-15(3)21(20)26-23(19)22(17)25(31)24-27(32)29(34,30-28(24)33)13-16-5-8-18(35-26)9-6-16/h4-10,14-15,17,19-23,26-27,31-32,34H,1,11-13H2,2-3H3,(H,30,33)/t14-,15+,17-,19-,20+,21-,22-,23-,26-,27+,29+/m1/s1. The van der Waals surface area contributed by atoms with E-state index in [9.17, 15) is 20.1 Å². The average molecular weight is 478 g/mol. The smallest absolute Gasteiger partial charge is 0.255 e. The molecule has 0 radical (unpaired) electrons. The molecule has 0 aromatic heterocycles. The number of carbonyl (C=O) groups excluding carboxylic acids is 1. The number of hydrogen-bond donors (Lipinski definition) is 4. The van der Waals surface area contributed by atoms with E-state index in [0.29, 0.717) is 23.7 Å². The highest BCUT2D eigenvalue weighted by Crippen LogP contribution is 2.60. The molecule has 1 aromatic rings. The van der Waals surface area contributed by atoms with E-state index in [1.807, 2.05) is 24.3 Å². The largest absolute Gasteiger partial charge is 0.511 e. The van der Waals surface area contributed by atoms with Crippen molar-refractivity contribution in [2.45, 2.75) is 51.0 Å². The lowest BCUT2D eigenvalue weighted by atomic mass is 9.66. The highest BCUT2D eigenvalue weighted by atomic mass is 16.5. The predicted molar refractivity (Wildman–Crippen MR) is 131 cm³/mol. The van der Waals surface area contributed by atoms with Gasteiger partial charge in [-0.1, -0.05) is 44.2 Å². The van der Waals surface area contributed by atoms with Crippen molar-refractivity contribution in [2.24, 2.45) is 47.3 Å². The van der Waals surface area contributed by atoms with Crippen molar-refractivity contribution in [1.29, 1.82) is 0 Å². The monoisotopic (exact) mass is 477 g/mol. The summed E-state index contributed by atoms with van der Waals surface area (Å²) in [6, 6.07) is 7.55. The first kappa shape index (κ1) is 22.9. The molecule has 3 aliphatic heterocycles. The number of nitrogens with one attached hydrogen (secondary N) is 1. The van der Waals surface area contributed by atoms with E-state index >= 15 is 0 Å². The lowest BCUT2D eigenvalue weighted by Crippen LogP contribution is -2.50. The summed E-state index contributed by atoms with van der Waals surface area (Å²) in [7, 11) is 0. The Bertz CT molecular complexity index is 1110. The van der Waals surface area contributed by atoms with Crippen molar-refractivity contribution in [2.75, 3.05) is 0 Å². The Morgan fingerprint density at radius 2 is 1.89 bits per heavy atom. The quantitative estimate of drug-likeness (QED) is 0.464. The Balaban J connectivity index is 1.57. The van der Waals surface area contributed by atoms with Gasteiger partial charge in [0.2, 0.25) is 0 Å². The second kappa shape index (κ2) is 7.97. The van der Waals surface area contributed by atoms with Gasteiger partial charge in [-0.05, 0) is 54.2 Å². The molecule has 3 heterocycles. The molecule has 0 unspecified atom stereocenters. The van der Waals surface area contributed by atoms with Crippen LogP contribution in [-0.2, 0) is 11.2 Å². The summed E-state index contributed by atoms with van der Waals surface area (Å²) in [5, 5.41) is 36.7. The summed E-state index contributed by atoms with van der Waals surface area (Å²) in [5.41, 5.74) is -1.27. The maximum absolute atomic E-state index is 13.1. The molecule has 4 N–H and O–H groups in total. The van der Waals surface area contributed by atoms with Crippen LogP contribution >= 0.6 is 0 Å². The minimum absolute atomic E-state index is 0.0154. The summed E-state index contributed by atoms with van der Waals surface area (Å²) in [5.74, 6) is 1.20. The number of rotatable bonds is 1. The predicted octanol–water partition coefficient (Wildman–Crippen LogP) is 3.51. The topological polar surface area (TPSA) is 99.0 Å². The van der Waals surface area contributed by atoms with Gasteiger partial charge in [0.25, 0.3) is 5.91 Å². The highest BCUT2D eigenvalue weighted by Gasteiger charge is 2.60. The molecule has 6 aliphatic rings. The molecule has 6 nitrogen and oxygen atoms in total. The molecular weight excluding hydrogens is 442 g/mol. The lowest BCUT2D eigenvalue weighted by Gasteiger charge is -2.39. The number of carbonyl (C=O) groups is 1. The van der Waals surface area contributed by atoms with Crippen LogP contribution in [0.4, 0.5) is 0 Å². The number of benzene rings is 1.